The van der Waals surface area contributed by atoms with Crippen molar-refractivity contribution in [2.45, 2.75) is 13.8 Å². The van der Waals surface area contributed by atoms with Crippen molar-refractivity contribution in [3.63, 3.8) is 0 Å². The van der Waals surface area contributed by atoms with Crippen LogP contribution in [0.2, 0.25) is 0 Å². The van der Waals surface area contributed by atoms with Crippen molar-refractivity contribution >= 4 is 38.3 Å². The van der Waals surface area contributed by atoms with Gasteiger partial charge in [0.2, 0.25) is 0 Å². The molecule has 1 atom stereocenters. The Balaban J connectivity index is 0.00000364. The summed E-state index contributed by atoms with van der Waals surface area (Å²) in [5, 5.41) is 0.972. The van der Waals surface area contributed by atoms with Gasteiger partial charge in [0.05, 0.1) is 20.8 Å². The fourth-order valence-electron chi connectivity index (χ4n) is 2.49. The summed E-state index contributed by atoms with van der Waals surface area (Å²) in [6.45, 7) is 5.67. The second-order valence-electron chi connectivity index (χ2n) is 5.51. The molecular weight excluding hydrogens is 358 g/mol. The third-order valence-electron chi connectivity index (χ3n) is 3.80. The molecule has 0 aliphatic heterocycles. The van der Waals surface area contributed by atoms with Crippen LogP contribution in [0.3, 0.4) is 0 Å². The quantitative estimate of drug-likeness (QED) is 0.358. The molecule has 0 aromatic heterocycles. The molecule has 0 spiro atoms. The molecular formula is C20H25LiO5P. The van der Waals surface area contributed by atoms with E-state index >= 15 is 0 Å². The molecule has 0 saturated carbocycles. The summed E-state index contributed by atoms with van der Waals surface area (Å²) >= 11 is 0. The van der Waals surface area contributed by atoms with E-state index in [0.717, 1.165) is 16.6 Å². The topological polar surface area (TPSA) is 54.0 Å². The number of carbonyl (C=O) groups excluding carboxylic acids is 1. The van der Waals surface area contributed by atoms with Crippen molar-refractivity contribution in [1.82, 2.24) is 0 Å². The Hall–Kier alpha value is -1.50. The molecule has 7 heteroatoms. The molecule has 0 amide bonds. The smallest absolute Gasteiger partial charge is 0.193 e. The second-order valence-corrected chi connectivity index (χ2v) is 6.76. The van der Waals surface area contributed by atoms with Crippen molar-refractivity contribution < 1.29 is 23.7 Å². The third kappa shape index (κ3) is 6.55. The number of benzene rings is 2. The van der Waals surface area contributed by atoms with Gasteiger partial charge in [0.25, 0.3) is 0 Å². The first-order valence-electron chi connectivity index (χ1n) is 8.44. The fourth-order valence-corrected chi connectivity index (χ4v) is 3.54. The molecule has 1 unspecified atom stereocenters. The van der Waals surface area contributed by atoms with Gasteiger partial charge in [-0.15, -0.1) is 0 Å². The van der Waals surface area contributed by atoms with Gasteiger partial charge in [0.15, 0.2) is 5.52 Å². The summed E-state index contributed by atoms with van der Waals surface area (Å²) in [6, 6.07) is 11.1. The molecule has 0 heterocycles. The fraction of sp³-hybridized carbons (Fsp3) is 0.350. The number of hydrogen-bond donors (Lipinski definition) is 0. The Morgan fingerprint density at radius 2 is 1.70 bits per heavy atom. The van der Waals surface area contributed by atoms with Crippen LogP contribution in [-0.2, 0) is 4.74 Å². The maximum absolute atomic E-state index is 12.9. The van der Waals surface area contributed by atoms with Gasteiger partial charge in [-0.3, -0.25) is 4.79 Å². The molecule has 0 aliphatic rings. The van der Waals surface area contributed by atoms with Gasteiger partial charge in [-0.2, -0.15) is 0 Å². The minimum absolute atomic E-state index is 0. The summed E-state index contributed by atoms with van der Waals surface area (Å²) < 4.78 is 21.6. The standard InChI is InChI=1S/C20H25O5P.Li/c1-5-24-11-12-25-15-9-10-18(14(2)13-15)26-20(21)19-16(22-3)7-6-8-17(19)23-4;/h6-10,13,26H,5,11-12H2,1-4H3;. The van der Waals surface area contributed by atoms with Crippen LogP contribution in [0.15, 0.2) is 36.4 Å². The van der Waals surface area contributed by atoms with Gasteiger partial charge in [-0.05, 0) is 57.6 Å². The minimum atomic E-state index is -0.0271. The van der Waals surface area contributed by atoms with Crippen LogP contribution >= 0.6 is 8.58 Å². The Morgan fingerprint density at radius 1 is 1.04 bits per heavy atom. The van der Waals surface area contributed by atoms with Crippen LogP contribution in [-0.4, -0.2) is 58.4 Å². The summed E-state index contributed by atoms with van der Waals surface area (Å²) in [6.07, 6.45) is 0. The van der Waals surface area contributed by atoms with Crippen molar-refractivity contribution in [3.05, 3.63) is 47.5 Å². The minimum Gasteiger partial charge on any atom is -0.496 e. The first kappa shape index (κ1) is 23.5. The summed E-state index contributed by atoms with van der Waals surface area (Å²) in [5.41, 5.74) is 1.47. The molecule has 0 fully saturated rings. The van der Waals surface area contributed by atoms with E-state index < -0.39 is 0 Å². The largest absolute Gasteiger partial charge is 0.496 e. The van der Waals surface area contributed by atoms with Gasteiger partial charge < -0.3 is 18.9 Å². The zero-order valence-electron chi connectivity index (χ0n) is 16.6. The van der Waals surface area contributed by atoms with Gasteiger partial charge in [0, 0.05) is 25.5 Å². The molecule has 1 radical (unpaired) electrons. The zero-order valence-corrected chi connectivity index (χ0v) is 17.6. The average molecular weight is 383 g/mol. The Labute approximate surface area is 174 Å². The van der Waals surface area contributed by atoms with Crippen molar-refractivity contribution in [3.8, 4) is 17.2 Å². The van der Waals surface area contributed by atoms with E-state index in [0.29, 0.717) is 36.9 Å². The molecule has 0 N–H and O–H groups in total. The first-order chi connectivity index (χ1) is 12.6. The van der Waals surface area contributed by atoms with E-state index in [-0.39, 0.29) is 33.0 Å². The van der Waals surface area contributed by atoms with Crippen LogP contribution < -0.4 is 19.5 Å². The van der Waals surface area contributed by atoms with Crippen LogP contribution in [0.5, 0.6) is 17.2 Å². The van der Waals surface area contributed by atoms with Gasteiger partial charge >= 0.3 is 0 Å². The molecule has 2 aromatic rings. The molecule has 141 valence electrons. The van der Waals surface area contributed by atoms with Crippen LogP contribution in [0.4, 0.5) is 0 Å². The number of ether oxygens (including phenoxy) is 4. The first-order valence-corrected chi connectivity index (χ1v) is 9.44. The van der Waals surface area contributed by atoms with E-state index in [1.165, 1.54) is 0 Å². The number of methoxy groups -OCH3 is 2. The van der Waals surface area contributed by atoms with Gasteiger partial charge in [0.1, 0.15) is 29.4 Å². The predicted molar refractivity (Wildman–Crippen MR) is 111 cm³/mol. The predicted octanol–water partition coefficient (Wildman–Crippen LogP) is 3.19. The van der Waals surface area contributed by atoms with Crippen LogP contribution in [0.25, 0.3) is 0 Å². The molecule has 0 saturated heterocycles. The monoisotopic (exact) mass is 383 g/mol. The molecule has 2 aromatic carbocycles. The average Bonchev–Trinajstić information content (AvgIpc) is 2.66. The molecule has 5 nitrogen and oxygen atoms in total. The van der Waals surface area contributed by atoms with Crippen LogP contribution in [0, 0.1) is 6.92 Å². The van der Waals surface area contributed by atoms with Crippen molar-refractivity contribution in [2.24, 2.45) is 0 Å². The van der Waals surface area contributed by atoms with Crippen molar-refractivity contribution in [1.29, 1.82) is 0 Å². The Kier molecular flexibility index (Phi) is 10.5. The van der Waals surface area contributed by atoms with E-state index in [1.807, 2.05) is 32.0 Å². The van der Waals surface area contributed by atoms with Crippen LogP contribution in [0.1, 0.15) is 22.8 Å². The Morgan fingerprint density at radius 3 is 2.26 bits per heavy atom. The molecule has 0 bridgehead atoms. The number of carbonyl (C=O) groups is 1. The van der Waals surface area contributed by atoms with Gasteiger partial charge in [-0.25, -0.2) is 0 Å². The number of aryl methyl sites for hydroxylation is 1. The maximum atomic E-state index is 12.9. The normalized spacial score (nSPS) is 10.5. The van der Waals surface area contributed by atoms with E-state index in [4.69, 9.17) is 18.9 Å². The van der Waals surface area contributed by atoms with Crippen molar-refractivity contribution in [2.75, 3.05) is 34.0 Å². The SMILES string of the molecule is CCOCCOc1ccc(PC(=O)c2c(OC)cccc2OC)c(C)c1.[Li]. The van der Waals surface area contributed by atoms with Gasteiger partial charge in [-0.1, -0.05) is 12.1 Å². The number of hydrogen-bond acceptors (Lipinski definition) is 5. The van der Waals surface area contributed by atoms with E-state index in [9.17, 15) is 4.79 Å². The Bertz CT molecular complexity index is 729. The maximum Gasteiger partial charge on any atom is 0.193 e. The number of rotatable bonds is 10. The second kappa shape index (κ2) is 12.1. The summed E-state index contributed by atoms with van der Waals surface area (Å²) in [5.74, 6) is 1.82. The van der Waals surface area contributed by atoms with E-state index in [2.05, 4.69) is 0 Å². The van der Waals surface area contributed by atoms with E-state index in [1.54, 1.807) is 32.4 Å². The molecule has 0 aliphatic carbocycles. The summed E-state index contributed by atoms with van der Waals surface area (Å²) in [4.78, 5) is 12.9. The zero-order chi connectivity index (χ0) is 18.9. The molecule has 27 heavy (non-hydrogen) atoms. The molecule has 2 rings (SSSR count). The summed E-state index contributed by atoms with van der Waals surface area (Å²) in [7, 11) is 3.07. The third-order valence-corrected chi connectivity index (χ3v) is 5.11.